The zero-order valence-electron chi connectivity index (χ0n) is 22.6. The summed E-state index contributed by atoms with van der Waals surface area (Å²) in [4.78, 5) is 20.7. The van der Waals surface area contributed by atoms with Gasteiger partial charge in [0, 0.05) is 23.1 Å². The second kappa shape index (κ2) is 13.1. The van der Waals surface area contributed by atoms with Crippen molar-refractivity contribution >= 4 is 38.9 Å². The van der Waals surface area contributed by atoms with Gasteiger partial charge in [-0.05, 0) is 72.7 Å². The summed E-state index contributed by atoms with van der Waals surface area (Å²) in [5.41, 5.74) is 3.50. The van der Waals surface area contributed by atoms with Crippen LogP contribution >= 0.6 is 0 Å². The Bertz CT molecular complexity index is 1740. The Balaban J connectivity index is 1.46. The van der Waals surface area contributed by atoms with Crippen LogP contribution < -0.4 is 20.1 Å². The first kappa shape index (κ1) is 28.5. The van der Waals surface area contributed by atoms with Gasteiger partial charge in [0.2, 0.25) is 11.9 Å². The van der Waals surface area contributed by atoms with Crippen LogP contribution in [0, 0.1) is 0 Å². The van der Waals surface area contributed by atoms with E-state index in [1.54, 1.807) is 36.5 Å². The number of hydrogen-bond donors (Lipinski definition) is 3. The van der Waals surface area contributed by atoms with Crippen LogP contribution in [-0.4, -0.2) is 37.5 Å². The van der Waals surface area contributed by atoms with Gasteiger partial charge in [0.1, 0.15) is 5.75 Å². The van der Waals surface area contributed by atoms with Crippen molar-refractivity contribution in [2.45, 2.75) is 17.9 Å². The van der Waals surface area contributed by atoms with E-state index in [2.05, 4.69) is 31.9 Å². The lowest BCUT2D eigenvalue weighted by Gasteiger charge is -2.14. The van der Waals surface area contributed by atoms with Gasteiger partial charge in [-0.25, -0.2) is 18.4 Å². The van der Waals surface area contributed by atoms with Gasteiger partial charge in [0.15, 0.2) is 0 Å². The third-order valence-electron chi connectivity index (χ3n) is 6.09. The normalized spacial score (nSPS) is 14.2. The first-order chi connectivity index (χ1) is 20.4. The lowest BCUT2D eigenvalue weighted by molar-refractivity contribution is -0.111. The standard InChI is InChI=1S/C31H29N5O5S/c1-2-30(37)33-24-9-7-11-28(20-24)42(38,39)36-26-17-22-16-25(19-26)34-31-32-13-12-29(35-31)23-8-6-10-27(18-23)41-15-5-3-4-14-40-21-22/h2-4,6-13,16-20,36H,1,5,14-15,21H2,(H,33,37)(H,32,34,35)/b4-3+. The average molecular weight is 584 g/mol. The highest BCUT2D eigenvalue weighted by atomic mass is 32.2. The second-order valence-electron chi connectivity index (χ2n) is 9.29. The van der Waals surface area contributed by atoms with E-state index in [9.17, 15) is 13.2 Å². The highest BCUT2D eigenvalue weighted by Gasteiger charge is 2.17. The maximum Gasteiger partial charge on any atom is 0.261 e. The van der Waals surface area contributed by atoms with Crippen molar-refractivity contribution in [2.75, 3.05) is 28.6 Å². The fourth-order valence-electron chi connectivity index (χ4n) is 4.18. The molecule has 0 fully saturated rings. The molecule has 214 valence electrons. The van der Waals surface area contributed by atoms with Crippen LogP contribution in [0.4, 0.5) is 23.0 Å². The number of amides is 1. The predicted molar refractivity (Wildman–Crippen MR) is 162 cm³/mol. The monoisotopic (exact) mass is 583 g/mol. The van der Waals surface area contributed by atoms with Crippen molar-refractivity contribution in [3.8, 4) is 17.0 Å². The molecule has 0 aliphatic carbocycles. The summed E-state index contributed by atoms with van der Waals surface area (Å²) in [6.45, 7) is 4.55. The lowest BCUT2D eigenvalue weighted by Crippen LogP contribution is -2.14. The zero-order chi connectivity index (χ0) is 29.4. The number of rotatable bonds is 5. The third-order valence-corrected chi connectivity index (χ3v) is 7.47. The van der Waals surface area contributed by atoms with Crippen LogP contribution in [0.25, 0.3) is 11.3 Å². The molecule has 0 saturated carbocycles. The Hall–Kier alpha value is -5.00. The third kappa shape index (κ3) is 7.59. The number of hydrogen-bond acceptors (Lipinski definition) is 8. The SMILES string of the molecule is C=CC(=O)Nc1cccc(S(=O)(=O)Nc2cc3cc(c2)Nc2nccc(n2)-c2cccc(c2)OCC/C=C/COC3)c1. The molecule has 1 aliphatic heterocycles. The fraction of sp³-hybridized carbons (Fsp3) is 0.129. The summed E-state index contributed by atoms with van der Waals surface area (Å²) in [5.74, 6) is 0.630. The van der Waals surface area contributed by atoms with E-state index in [1.165, 1.54) is 12.1 Å². The molecule has 10 nitrogen and oxygen atoms in total. The number of fused-ring (bicyclic) bond motifs is 7. The molecule has 2 heterocycles. The van der Waals surface area contributed by atoms with E-state index >= 15 is 0 Å². The van der Waals surface area contributed by atoms with Crippen LogP contribution in [0.1, 0.15) is 12.0 Å². The Morgan fingerprint density at radius 1 is 1.00 bits per heavy atom. The number of aromatic nitrogens is 2. The van der Waals surface area contributed by atoms with E-state index in [0.29, 0.717) is 41.9 Å². The summed E-state index contributed by atoms with van der Waals surface area (Å²) in [6.07, 6.45) is 7.39. The molecule has 0 unspecified atom stereocenters. The molecule has 0 saturated heterocycles. The molecular weight excluding hydrogens is 554 g/mol. The molecule has 0 spiro atoms. The molecular formula is C31H29N5O5S. The number of carbonyl (C=O) groups is 1. The summed E-state index contributed by atoms with van der Waals surface area (Å²) < 4.78 is 41.0. The summed E-state index contributed by atoms with van der Waals surface area (Å²) in [5, 5.41) is 5.76. The molecule has 0 atom stereocenters. The number of sulfonamides is 1. The largest absolute Gasteiger partial charge is 0.493 e. The minimum atomic E-state index is -4.01. The molecule has 11 heteroatoms. The van der Waals surface area contributed by atoms with E-state index in [4.69, 9.17) is 9.47 Å². The van der Waals surface area contributed by atoms with Crippen LogP contribution in [0.3, 0.4) is 0 Å². The number of nitrogens with one attached hydrogen (secondary N) is 3. The van der Waals surface area contributed by atoms with Crippen molar-refractivity contribution in [3.63, 3.8) is 0 Å². The molecule has 5 rings (SSSR count). The van der Waals surface area contributed by atoms with Crippen molar-refractivity contribution in [2.24, 2.45) is 0 Å². The number of benzene rings is 3. The number of nitrogens with zero attached hydrogens (tertiary/aromatic N) is 2. The molecule has 1 aliphatic rings. The fourth-order valence-corrected chi connectivity index (χ4v) is 5.27. The summed E-state index contributed by atoms with van der Waals surface area (Å²) in [6, 6.07) is 20.6. The maximum absolute atomic E-state index is 13.3. The average Bonchev–Trinajstić information content (AvgIpc) is 2.98. The predicted octanol–water partition coefficient (Wildman–Crippen LogP) is 5.67. The van der Waals surface area contributed by atoms with Crippen molar-refractivity contribution in [1.82, 2.24) is 9.97 Å². The van der Waals surface area contributed by atoms with Gasteiger partial charge in [-0.3, -0.25) is 9.52 Å². The topological polar surface area (TPSA) is 132 Å². The number of anilines is 4. The Morgan fingerprint density at radius 2 is 1.88 bits per heavy atom. The molecule has 1 amide bonds. The maximum atomic E-state index is 13.3. The molecule has 3 aromatic carbocycles. The highest BCUT2D eigenvalue weighted by Crippen LogP contribution is 2.27. The van der Waals surface area contributed by atoms with Crippen LogP contribution in [-0.2, 0) is 26.2 Å². The van der Waals surface area contributed by atoms with E-state index in [1.807, 2.05) is 42.5 Å². The minimum absolute atomic E-state index is 0.0191. The minimum Gasteiger partial charge on any atom is -0.493 e. The van der Waals surface area contributed by atoms with Gasteiger partial charge in [-0.15, -0.1) is 0 Å². The van der Waals surface area contributed by atoms with Gasteiger partial charge in [0.25, 0.3) is 10.0 Å². The van der Waals surface area contributed by atoms with Crippen LogP contribution in [0.2, 0.25) is 0 Å². The van der Waals surface area contributed by atoms with Gasteiger partial charge in [-0.2, -0.15) is 0 Å². The van der Waals surface area contributed by atoms with E-state index < -0.39 is 15.9 Å². The smallest absolute Gasteiger partial charge is 0.261 e. The molecule has 0 radical (unpaired) electrons. The van der Waals surface area contributed by atoms with Gasteiger partial charge in [0.05, 0.1) is 36.1 Å². The zero-order valence-corrected chi connectivity index (χ0v) is 23.4. The molecule has 42 heavy (non-hydrogen) atoms. The van der Waals surface area contributed by atoms with Crippen molar-refractivity contribution in [3.05, 3.63) is 109 Å². The Labute approximate surface area is 244 Å². The van der Waals surface area contributed by atoms with Crippen molar-refractivity contribution < 1.29 is 22.7 Å². The van der Waals surface area contributed by atoms with Crippen LogP contribution in [0.15, 0.2) is 109 Å². The summed E-state index contributed by atoms with van der Waals surface area (Å²) in [7, 11) is -4.01. The van der Waals surface area contributed by atoms with Crippen LogP contribution in [0.5, 0.6) is 5.75 Å². The Kier molecular flexibility index (Phi) is 8.90. The summed E-state index contributed by atoms with van der Waals surface area (Å²) >= 11 is 0. The highest BCUT2D eigenvalue weighted by molar-refractivity contribution is 7.92. The molecule has 1 aromatic heterocycles. The first-order valence-electron chi connectivity index (χ1n) is 13.1. The van der Waals surface area contributed by atoms with E-state index in [0.717, 1.165) is 29.4 Å². The van der Waals surface area contributed by atoms with Crippen molar-refractivity contribution in [1.29, 1.82) is 0 Å². The number of carbonyl (C=O) groups excluding carboxylic acids is 1. The van der Waals surface area contributed by atoms with Gasteiger partial charge < -0.3 is 20.1 Å². The quantitative estimate of drug-likeness (QED) is 0.202. The molecule has 6 bridgehead atoms. The lowest BCUT2D eigenvalue weighted by atomic mass is 10.1. The molecule has 4 aromatic rings. The number of ether oxygens (including phenoxy) is 2. The van der Waals surface area contributed by atoms with E-state index in [-0.39, 0.29) is 11.5 Å². The van der Waals surface area contributed by atoms with Gasteiger partial charge in [-0.1, -0.05) is 36.9 Å². The first-order valence-corrected chi connectivity index (χ1v) is 14.6. The second-order valence-corrected chi connectivity index (χ2v) is 11.0. The Morgan fingerprint density at radius 3 is 2.76 bits per heavy atom. The molecule has 3 N–H and O–H groups in total. The van der Waals surface area contributed by atoms with Gasteiger partial charge >= 0.3 is 0 Å².